The van der Waals surface area contributed by atoms with E-state index in [-0.39, 0.29) is 16.6 Å². The van der Waals surface area contributed by atoms with Crippen molar-refractivity contribution in [3.63, 3.8) is 0 Å². The molecule has 0 radical (unpaired) electrons. The standard InChI is InChI=1S/C18H26N2O3S/c1-18(2,3)24-13-16(21)19-9-11-20(12-10-19)17(22)14-5-7-15(23-4)8-6-14/h5-8H,9-13H2,1-4H3. The zero-order valence-corrected chi connectivity index (χ0v) is 15.7. The van der Waals surface area contributed by atoms with Crippen LogP contribution < -0.4 is 4.74 Å². The number of rotatable bonds is 4. The number of piperazine rings is 1. The first-order valence-electron chi connectivity index (χ1n) is 8.15. The van der Waals surface area contributed by atoms with E-state index in [1.807, 2.05) is 9.80 Å². The molecule has 1 saturated heterocycles. The minimum absolute atomic E-state index is 0.00817. The summed E-state index contributed by atoms with van der Waals surface area (Å²) in [6.45, 7) is 8.69. The lowest BCUT2D eigenvalue weighted by atomic mass is 10.1. The Morgan fingerprint density at radius 2 is 1.58 bits per heavy atom. The molecule has 0 N–H and O–H groups in total. The number of methoxy groups -OCH3 is 1. The third-order valence-corrected chi connectivity index (χ3v) is 5.14. The lowest BCUT2D eigenvalue weighted by Crippen LogP contribution is -2.51. The van der Waals surface area contributed by atoms with Gasteiger partial charge in [0.2, 0.25) is 5.91 Å². The van der Waals surface area contributed by atoms with Gasteiger partial charge in [0, 0.05) is 36.5 Å². The first-order chi connectivity index (χ1) is 11.3. The van der Waals surface area contributed by atoms with E-state index in [0.717, 1.165) is 5.75 Å². The topological polar surface area (TPSA) is 49.9 Å². The largest absolute Gasteiger partial charge is 0.497 e. The Balaban J connectivity index is 1.85. The number of benzene rings is 1. The molecule has 132 valence electrons. The number of carbonyl (C=O) groups is 2. The Hall–Kier alpha value is -1.69. The van der Waals surface area contributed by atoms with Crippen LogP contribution in [0.15, 0.2) is 24.3 Å². The van der Waals surface area contributed by atoms with Gasteiger partial charge in [0.15, 0.2) is 0 Å². The Morgan fingerprint density at radius 3 is 2.08 bits per heavy atom. The monoisotopic (exact) mass is 350 g/mol. The number of thioether (sulfide) groups is 1. The van der Waals surface area contributed by atoms with Gasteiger partial charge in [-0.25, -0.2) is 0 Å². The Kier molecular flexibility index (Phi) is 6.15. The highest BCUT2D eigenvalue weighted by molar-refractivity contribution is 8.01. The van der Waals surface area contributed by atoms with Crippen molar-refractivity contribution in [2.24, 2.45) is 0 Å². The average Bonchev–Trinajstić information content (AvgIpc) is 2.58. The summed E-state index contributed by atoms with van der Waals surface area (Å²) in [5.74, 6) is 1.40. The normalized spacial score (nSPS) is 15.3. The van der Waals surface area contributed by atoms with Crippen LogP contribution in [0.1, 0.15) is 31.1 Å². The predicted molar refractivity (Wildman–Crippen MR) is 97.7 cm³/mol. The molecule has 24 heavy (non-hydrogen) atoms. The molecule has 1 aromatic carbocycles. The van der Waals surface area contributed by atoms with Crippen molar-refractivity contribution in [3.8, 4) is 5.75 Å². The van der Waals surface area contributed by atoms with E-state index in [1.54, 1.807) is 43.1 Å². The lowest BCUT2D eigenvalue weighted by molar-refractivity contribution is -0.129. The number of nitrogens with zero attached hydrogens (tertiary/aromatic N) is 2. The second-order valence-electron chi connectivity index (χ2n) is 6.80. The highest BCUT2D eigenvalue weighted by Gasteiger charge is 2.25. The van der Waals surface area contributed by atoms with Crippen LogP contribution >= 0.6 is 11.8 Å². The molecule has 1 aliphatic rings. The molecule has 0 atom stereocenters. The molecular weight excluding hydrogens is 324 g/mol. The zero-order chi connectivity index (χ0) is 17.7. The molecule has 0 bridgehead atoms. The second kappa shape index (κ2) is 7.92. The maximum Gasteiger partial charge on any atom is 0.253 e. The fraction of sp³-hybridized carbons (Fsp3) is 0.556. The van der Waals surface area contributed by atoms with E-state index >= 15 is 0 Å². The van der Waals surface area contributed by atoms with Gasteiger partial charge in [0.1, 0.15) is 5.75 Å². The summed E-state index contributed by atoms with van der Waals surface area (Å²) in [4.78, 5) is 28.4. The zero-order valence-electron chi connectivity index (χ0n) is 14.9. The van der Waals surface area contributed by atoms with Gasteiger partial charge in [0.05, 0.1) is 12.9 Å². The van der Waals surface area contributed by atoms with Gasteiger partial charge in [-0.2, -0.15) is 0 Å². The molecular formula is C18H26N2O3S. The molecule has 1 aromatic rings. The first-order valence-corrected chi connectivity index (χ1v) is 9.14. The summed E-state index contributed by atoms with van der Waals surface area (Å²) in [7, 11) is 1.60. The molecule has 0 aromatic heterocycles. The van der Waals surface area contributed by atoms with Crippen molar-refractivity contribution < 1.29 is 14.3 Å². The van der Waals surface area contributed by atoms with Crippen molar-refractivity contribution in [1.82, 2.24) is 9.80 Å². The SMILES string of the molecule is COc1ccc(C(=O)N2CCN(C(=O)CSC(C)(C)C)CC2)cc1. The quantitative estimate of drug-likeness (QED) is 0.837. The van der Waals surface area contributed by atoms with E-state index in [2.05, 4.69) is 20.8 Å². The van der Waals surface area contributed by atoms with Gasteiger partial charge in [-0.05, 0) is 24.3 Å². The highest BCUT2D eigenvalue weighted by atomic mass is 32.2. The van der Waals surface area contributed by atoms with E-state index in [0.29, 0.717) is 37.5 Å². The van der Waals surface area contributed by atoms with Gasteiger partial charge < -0.3 is 14.5 Å². The summed E-state index contributed by atoms with van der Waals surface area (Å²) in [6.07, 6.45) is 0. The molecule has 0 unspecified atom stereocenters. The minimum atomic E-state index is 0.00817. The van der Waals surface area contributed by atoms with Crippen molar-refractivity contribution in [2.45, 2.75) is 25.5 Å². The van der Waals surface area contributed by atoms with Gasteiger partial charge in [-0.1, -0.05) is 20.8 Å². The Bertz CT molecular complexity index is 573. The van der Waals surface area contributed by atoms with Gasteiger partial charge in [-0.15, -0.1) is 11.8 Å². The van der Waals surface area contributed by atoms with Crippen molar-refractivity contribution >= 4 is 23.6 Å². The summed E-state index contributed by atoms with van der Waals surface area (Å²) in [5, 5.41) is 0. The van der Waals surface area contributed by atoms with E-state index in [9.17, 15) is 9.59 Å². The molecule has 2 rings (SSSR count). The fourth-order valence-electron chi connectivity index (χ4n) is 2.44. The van der Waals surface area contributed by atoms with Crippen LogP contribution in [0.2, 0.25) is 0 Å². The first kappa shape index (κ1) is 18.6. The van der Waals surface area contributed by atoms with Crippen LogP contribution in [0.25, 0.3) is 0 Å². The number of ether oxygens (including phenoxy) is 1. The number of amides is 2. The van der Waals surface area contributed by atoms with Gasteiger partial charge in [0.25, 0.3) is 5.91 Å². The summed E-state index contributed by atoms with van der Waals surface area (Å²) in [5.41, 5.74) is 0.652. The molecule has 0 spiro atoms. The lowest BCUT2D eigenvalue weighted by Gasteiger charge is -2.35. The number of hydrogen-bond donors (Lipinski definition) is 0. The Morgan fingerprint density at radius 1 is 1.04 bits per heavy atom. The summed E-state index contributed by atoms with van der Waals surface area (Å²) in [6, 6.07) is 7.13. The molecule has 6 heteroatoms. The van der Waals surface area contributed by atoms with E-state index < -0.39 is 0 Å². The molecule has 0 saturated carbocycles. The van der Waals surface area contributed by atoms with Crippen molar-refractivity contribution in [3.05, 3.63) is 29.8 Å². The van der Waals surface area contributed by atoms with E-state index in [4.69, 9.17) is 4.74 Å². The predicted octanol–water partition coefficient (Wildman–Crippen LogP) is 2.51. The van der Waals surface area contributed by atoms with Crippen LogP contribution in [0.5, 0.6) is 5.75 Å². The molecule has 2 amide bonds. The number of carbonyl (C=O) groups excluding carboxylic acids is 2. The smallest absolute Gasteiger partial charge is 0.253 e. The van der Waals surface area contributed by atoms with Crippen LogP contribution in [0, 0.1) is 0 Å². The van der Waals surface area contributed by atoms with Crippen LogP contribution in [-0.4, -0.2) is 65.4 Å². The van der Waals surface area contributed by atoms with Crippen molar-refractivity contribution in [1.29, 1.82) is 0 Å². The number of hydrogen-bond acceptors (Lipinski definition) is 4. The molecule has 5 nitrogen and oxygen atoms in total. The van der Waals surface area contributed by atoms with E-state index in [1.165, 1.54) is 0 Å². The maximum atomic E-state index is 12.5. The minimum Gasteiger partial charge on any atom is -0.497 e. The third kappa shape index (κ3) is 5.16. The van der Waals surface area contributed by atoms with Crippen LogP contribution in [0.4, 0.5) is 0 Å². The fourth-order valence-corrected chi connectivity index (χ4v) is 3.18. The average molecular weight is 350 g/mol. The third-order valence-electron chi connectivity index (χ3n) is 3.89. The highest BCUT2D eigenvalue weighted by Crippen LogP contribution is 2.23. The van der Waals surface area contributed by atoms with Crippen molar-refractivity contribution in [2.75, 3.05) is 39.0 Å². The van der Waals surface area contributed by atoms with Gasteiger partial charge in [-0.3, -0.25) is 9.59 Å². The molecule has 1 heterocycles. The second-order valence-corrected chi connectivity index (χ2v) is 8.60. The molecule has 1 aliphatic heterocycles. The Labute approximate surface area is 148 Å². The van der Waals surface area contributed by atoms with Gasteiger partial charge >= 0.3 is 0 Å². The maximum absolute atomic E-state index is 12.5. The summed E-state index contributed by atoms with van der Waals surface area (Å²) < 4.78 is 5.20. The molecule has 1 fully saturated rings. The molecule has 0 aliphatic carbocycles. The summed E-state index contributed by atoms with van der Waals surface area (Å²) >= 11 is 1.66. The van der Waals surface area contributed by atoms with Crippen LogP contribution in [-0.2, 0) is 4.79 Å². The van der Waals surface area contributed by atoms with Crippen LogP contribution in [0.3, 0.4) is 0 Å².